The van der Waals surface area contributed by atoms with Crippen LogP contribution in [-0.2, 0) is 41.3 Å². The van der Waals surface area contributed by atoms with Crippen LogP contribution in [0.15, 0.2) is 12.1 Å². The van der Waals surface area contributed by atoms with E-state index >= 15 is 0 Å². The molecule has 0 radical (unpaired) electrons. The molecule has 1 aromatic rings. The molecule has 2 N–H and O–H groups in total. The van der Waals surface area contributed by atoms with Crippen molar-refractivity contribution in [2.45, 2.75) is 143 Å². The van der Waals surface area contributed by atoms with Gasteiger partial charge in [0.05, 0.1) is 36.5 Å². The van der Waals surface area contributed by atoms with Crippen molar-refractivity contribution in [3.8, 4) is 0 Å². The predicted octanol–water partition coefficient (Wildman–Crippen LogP) is 7.68. The van der Waals surface area contributed by atoms with Crippen LogP contribution in [0.2, 0.25) is 0 Å². The van der Waals surface area contributed by atoms with Gasteiger partial charge in [-0.1, -0.05) is 66.2 Å². The Morgan fingerprint density at radius 2 is 0.957 bits per heavy atom. The van der Waals surface area contributed by atoms with Gasteiger partial charge in [-0.3, -0.25) is 0 Å². The van der Waals surface area contributed by atoms with Crippen molar-refractivity contribution in [2.75, 3.05) is 39.6 Å². The number of rotatable bonds is 30. The Morgan fingerprint density at radius 1 is 0.565 bits per heavy atom. The summed E-state index contributed by atoms with van der Waals surface area (Å²) in [5, 5.41) is 20.2. The van der Waals surface area contributed by atoms with Gasteiger partial charge in [-0.15, -0.1) is 0 Å². The van der Waals surface area contributed by atoms with Gasteiger partial charge in [0.1, 0.15) is 0 Å². The summed E-state index contributed by atoms with van der Waals surface area (Å²) in [5.74, 6) is -2.24. The summed E-state index contributed by atoms with van der Waals surface area (Å²) in [5.41, 5.74) is 1.02. The van der Waals surface area contributed by atoms with Gasteiger partial charge in [0.2, 0.25) is 0 Å². The van der Waals surface area contributed by atoms with E-state index in [-0.39, 0.29) is 49.4 Å². The maximum absolute atomic E-state index is 12.4. The normalized spacial score (nSPS) is 14.2. The zero-order valence-corrected chi connectivity index (χ0v) is 29.4. The Balaban J connectivity index is 3.15. The van der Waals surface area contributed by atoms with Crippen LogP contribution in [-0.4, -0.2) is 86.6 Å². The van der Waals surface area contributed by atoms with E-state index in [1.807, 2.05) is 27.7 Å². The standard InChI is InChI=1S/C36H62O10/c1-7-13-15-17-21-43-33(41-11-5)25-45-27(9-3)23-31-29(35(37)38)19-20-30(36(39)40)32(31)24-28(10-4)46-26-34(42-12-6)44-22-18-16-14-8-2/h19-20,27-28,33-34H,7-18,21-26H2,1-6H3,(H,37,38)(H,39,40). The first kappa shape index (κ1) is 41.9. The number of unbranched alkanes of at least 4 members (excludes halogenated alkanes) is 6. The summed E-state index contributed by atoms with van der Waals surface area (Å²) in [6, 6.07) is 2.75. The molecule has 46 heavy (non-hydrogen) atoms. The largest absolute Gasteiger partial charge is 0.478 e. The zero-order chi connectivity index (χ0) is 34.2. The van der Waals surface area contributed by atoms with Gasteiger partial charge in [0.15, 0.2) is 12.6 Å². The van der Waals surface area contributed by atoms with E-state index in [0.717, 1.165) is 51.4 Å². The molecule has 0 fully saturated rings. The van der Waals surface area contributed by atoms with Crippen LogP contribution in [0.25, 0.3) is 0 Å². The molecule has 4 unspecified atom stereocenters. The second kappa shape index (κ2) is 25.9. The monoisotopic (exact) mass is 654 g/mol. The number of ether oxygens (including phenoxy) is 6. The van der Waals surface area contributed by atoms with Crippen LogP contribution in [0.4, 0.5) is 0 Å². The van der Waals surface area contributed by atoms with Crippen LogP contribution >= 0.6 is 0 Å². The maximum Gasteiger partial charge on any atom is 0.335 e. The highest BCUT2D eigenvalue weighted by molar-refractivity contribution is 5.95. The highest BCUT2D eigenvalue weighted by Gasteiger charge is 2.26. The first-order valence-corrected chi connectivity index (χ1v) is 17.6. The zero-order valence-electron chi connectivity index (χ0n) is 29.4. The average molecular weight is 655 g/mol. The van der Waals surface area contributed by atoms with Gasteiger partial charge in [-0.05, 0) is 75.6 Å². The van der Waals surface area contributed by atoms with Gasteiger partial charge in [0, 0.05) is 26.4 Å². The van der Waals surface area contributed by atoms with Crippen LogP contribution in [0.1, 0.15) is 138 Å². The quantitative estimate of drug-likeness (QED) is 0.0629. The van der Waals surface area contributed by atoms with Gasteiger partial charge in [0.25, 0.3) is 0 Å². The summed E-state index contributed by atoms with van der Waals surface area (Å²) < 4.78 is 35.8. The van der Waals surface area contributed by atoms with Crippen molar-refractivity contribution >= 4 is 11.9 Å². The number of aromatic carboxylic acids is 2. The predicted molar refractivity (Wildman–Crippen MR) is 179 cm³/mol. The number of benzene rings is 1. The summed E-state index contributed by atoms with van der Waals surface area (Å²) in [6.45, 7) is 14.5. The van der Waals surface area contributed by atoms with E-state index in [4.69, 9.17) is 28.4 Å². The fourth-order valence-corrected chi connectivity index (χ4v) is 5.23. The molecule has 0 aliphatic rings. The summed E-state index contributed by atoms with van der Waals surface area (Å²) in [4.78, 5) is 24.8. The van der Waals surface area contributed by atoms with Crippen LogP contribution < -0.4 is 0 Å². The summed E-state index contributed by atoms with van der Waals surface area (Å²) in [6.07, 6.45) is 8.48. The molecule has 1 rings (SSSR count). The van der Waals surface area contributed by atoms with Gasteiger partial charge in [-0.25, -0.2) is 9.59 Å². The summed E-state index contributed by atoms with van der Waals surface area (Å²) >= 11 is 0. The van der Waals surface area contributed by atoms with E-state index in [2.05, 4.69) is 13.8 Å². The second-order valence-electron chi connectivity index (χ2n) is 11.5. The van der Waals surface area contributed by atoms with Crippen molar-refractivity contribution in [3.05, 3.63) is 34.4 Å². The van der Waals surface area contributed by atoms with Gasteiger partial charge < -0.3 is 38.6 Å². The lowest BCUT2D eigenvalue weighted by Gasteiger charge is -2.26. The highest BCUT2D eigenvalue weighted by Crippen LogP contribution is 2.27. The first-order chi connectivity index (χ1) is 22.3. The number of carboxylic acids is 2. The van der Waals surface area contributed by atoms with E-state index in [1.165, 1.54) is 12.1 Å². The molecule has 0 saturated heterocycles. The van der Waals surface area contributed by atoms with Crippen LogP contribution in [0, 0.1) is 0 Å². The molecular weight excluding hydrogens is 592 g/mol. The smallest absolute Gasteiger partial charge is 0.335 e. The van der Waals surface area contributed by atoms with E-state index in [9.17, 15) is 19.8 Å². The summed E-state index contributed by atoms with van der Waals surface area (Å²) in [7, 11) is 0. The molecule has 1 aromatic carbocycles. The lowest BCUT2D eigenvalue weighted by atomic mass is 9.88. The molecule has 0 spiro atoms. The number of hydrogen-bond acceptors (Lipinski definition) is 8. The molecule has 10 heteroatoms. The SMILES string of the molecule is CCCCCCOC(COC(CC)Cc1c(C(=O)O)ccc(C(=O)O)c1CC(CC)OCC(OCC)OCCCCCC)OCC. The van der Waals surface area contributed by atoms with Crippen molar-refractivity contribution in [1.82, 2.24) is 0 Å². The Labute approximate surface area is 277 Å². The van der Waals surface area contributed by atoms with E-state index < -0.39 is 24.5 Å². The number of carbonyl (C=O) groups is 2. The highest BCUT2D eigenvalue weighted by atomic mass is 16.7. The van der Waals surface area contributed by atoms with Crippen molar-refractivity contribution < 1.29 is 48.2 Å². The topological polar surface area (TPSA) is 130 Å². The third-order valence-electron chi connectivity index (χ3n) is 7.91. The van der Waals surface area contributed by atoms with E-state index in [1.54, 1.807) is 0 Å². The minimum Gasteiger partial charge on any atom is -0.478 e. The van der Waals surface area contributed by atoms with Gasteiger partial charge in [-0.2, -0.15) is 0 Å². The minimum atomic E-state index is -1.12. The molecule has 0 heterocycles. The van der Waals surface area contributed by atoms with Crippen LogP contribution in [0.5, 0.6) is 0 Å². The molecule has 0 aliphatic carbocycles. The van der Waals surface area contributed by atoms with Crippen molar-refractivity contribution in [3.63, 3.8) is 0 Å². The second-order valence-corrected chi connectivity index (χ2v) is 11.5. The minimum absolute atomic E-state index is 0.0630. The Morgan fingerprint density at radius 3 is 1.26 bits per heavy atom. The van der Waals surface area contributed by atoms with Crippen LogP contribution in [0.3, 0.4) is 0 Å². The van der Waals surface area contributed by atoms with Gasteiger partial charge >= 0.3 is 11.9 Å². The van der Waals surface area contributed by atoms with Crippen molar-refractivity contribution in [1.29, 1.82) is 0 Å². The molecule has 10 nitrogen and oxygen atoms in total. The Hall–Kier alpha value is -2.08. The third-order valence-corrected chi connectivity index (χ3v) is 7.91. The van der Waals surface area contributed by atoms with Crippen molar-refractivity contribution in [2.24, 2.45) is 0 Å². The molecule has 0 bridgehead atoms. The molecule has 4 atom stereocenters. The lowest BCUT2D eigenvalue weighted by molar-refractivity contribution is -0.179. The molecular formula is C36H62O10. The van der Waals surface area contributed by atoms with E-state index in [0.29, 0.717) is 50.4 Å². The Kier molecular flexibility index (Phi) is 23.7. The molecule has 0 amide bonds. The molecule has 0 aliphatic heterocycles. The first-order valence-electron chi connectivity index (χ1n) is 17.6. The Bertz CT molecular complexity index is 878. The molecule has 0 saturated carbocycles. The number of carboxylic acid groups (broad SMARTS) is 2. The average Bonchev–Trinajstić information content (AvgIpc) is 3.04. The third kappa shape index (κ3) is 16.7. The lowest BCUT2D eigenvalue weighted by Crippen LogP contribution is -2.30. The fourth-order valence-electron chi connectivity index (χ4n) is 5.23. The number of hydrogen-bond donors (Lipinski definition) is 2. The molecule has 0 aromatic heterocycles. The fraction of sp³-hybridized carbons (Fsp3) is 0.778. The molecule has 266 valence electrons. The maximum atomic E-state index is 12.4.